The lowest BCUT2D eigenvalue weighted by Crippen LogP contribution is -2.43. The van der Waals surface area contributed by atoms with E-state index in [2.05, 4.69) is 5.32 Å². The van der Waals surface area contributed by atoms with Crippen molar-refractivity contribution in [3.8, 4) is 5.75 Å². The third kappa shape index (κ3) is 5.41. The fourth-order valence-corrected chi connectivity index (χ4v) is 6.33. The molecule has 1 heterocycles. The summed E-state index contributed by atoms with van der Waals surface area (Å²) in [4.78, 5) is 13.2. The molecular weight excluding hydrogens is 436 g/mol. The number of piperidine rings is 1. The van der Waals surface area contributed by atoms with Crippen LogP contribution in [0, 0.1) is 5.92 Å². The molecule has 0 radical (unpaired) electrons. The van der Waals surface area contributed by atoms with Crippen LogP contribution in [0.1, 0.15) is 62.3 Å². The van der Waals surface area contributed by atoms with Crippen molar-refractivity contribution in [3.05, 3.63) is 59.2 Å². The standard InChI is InChI=1S/C26H34N2O4S/c1-3-32-24-11-8-20(9-12-24)19(2)27-26(29)22-14-16-28(17-15-22)33(30,31)25-13-10-21-6-4-5-7-23(21)18-25/h8-13,18-19,22H,3-7,14-17H2,1-2H3,(H,27,29). The molecule has 2 aromatic rings. The van der Waals surface area contributed by atoms with Gasteiger partial charge in [0.15, 0.2) is 0 Å². The molecule has 1 amide bonds. The van der Waals surface area contributed by atoms with Crippen molar-refractivity contribution in [1.29, 1.82) is 0 Å². The maximum absolute atomic E-state index is 13.2. The van der Waals surface area contributed by atoms with Crippen molar-refractivity contribution in [2.24, 2.45) is 5.92 Å². The number of rotatable bonds is 7. The van der Waals surface area contributed by atoms with Gasteiger partial charge in [0.1, 0.15) is 5.75 Å². The van der Waals surface area contributed by atoms with Crippen LogP contribution < -0.4 is 10.1 Å². The zero-order chi connectivity index (χ0) is 23.4. The molecule has 1 saturated heterocycles. The van der Waals surface area contributed by atoms with E-state index in [1.54, 1.807) is 6.07 Å². The largest absolute Gasteiger partial charge is 0.494 e. The number of hydrogen-bond acceptors (Lipinski definition) is 4. The maximum Gasteiger partial charge on any atom is 0.243 e. The van der Waals surface area contributed by atoms with Crippen LogP contribution >= 0.6 is 0 Å². The molecule has 2 aliphatic rings. The Bertz CT molecular complexity index is 1070. The van der Waals surface area contributed by atoms with E-state index < -0.39 is 10.0 Å². The molecule has 7 heteroatoms. The lowest BCUT2D eigenvalue weighted by molar-refractivity contribution is -0.126. The number of carbonyl (C=O) groups is 1. The maximum atomic E-state index is 13.2. The number of ether oxygens (including phenoxy) is 1. The van der Waals surface area contributed by atoms with Crippen molar-refractivity contribution in [3.63, 3.8) is 0 Å². The van der Waals surface area contributed by atoms with Crippen molar-refractivity contribution in [1.82, 2.24) is 9.62 Å². The molecule has 0 aromatic heterocycles. The molecule has 1 aliphatic heterocycles. The molecule has 0 saturated carbocycles. The highest BCUT2D eigenvalue weighted by molar-refractivity contribution is 7.89. The molecule has 2 aromatic carbocycles. The van der Waals surface area contributed by atoms with Gasteiger partial charge in [-0.05, 0) is 93.3 Å². The summed E-state index contributed by atoms with van der Waals surface area (Å²) in [7, 11) is -3.53. The van der Waals surface area contributed by atoms with E-state index in [0.29, 0.717) is 37.4 Å². The Kier molecular flexibility index (Phi) is 7.39. The third-order valence-electron chi connectivity index (χ3n) is 6.83. The van der Waals surface area contributed by atoms with Gasteiger partial charge in [0, 0.05) is 19.0 Å². The minimum atomic E-state index is -3.53. The predicted molar refractivity (Wildman–Crippen MR) is 129 cm³/mol. The predicted octanol–water partition coefficient (Wildman–Crippen LogP) is 4.24. The molecule has 0 bridgehead atoms. The van der Waals surface area contributed by atoms with Crippen LogP contribution in [0.25, 0.3) is 0 Å². The van der Waals surface area contributed by atoms with Crippen LogP contribution in [0.15, 0.2) is 47.4 Å². The second-order valence-electron chi connectivity index (χ2n) is 9.05. The first-order valence-corrected chi connectivity index (χ1v) is 13.5. The number of amides is 1. The number of nitrogens with zero attached hydrogens (tertiary/aromatic N) is 1. The van der Waals surface area contributed by atoms with E-state index in [1.165, 1.54) is 21.9 Å². The molecule has 1 aliphatic carbocycles. The lowest BCUT2D eigenvalue weighted by Gasteiger charge is -2.31. The number of sulfonamides is 1. The summed E-state index contributed by atoms with van der Waals surface area (Å²) in [6.07, 6.45) is 5.34. The van der Waals surface area contributed by atoms with Gasteiger partial charge in [0.25, 0.3) is 0 Å². The van der Waals surface area contributed by atoms with Crippen molar-refractivity contribution in [2.45, 2.75) is 63.3 Å². The van der Waals surface area contributed by atoms with Crippen molar-refractivity contribution in [2.75, 3.05) is 19.7 Å². The minimum absolute atomic E-state index is 0.0118. The van der Waals surface area contributed by atoms with Gasteiger partial charge in [0.05, 0.1) is 17.5 Å². The molecule has 0 spiro atoms. The SMILES string of the molecule is CCOc1ccc(C(C)NC(=O)C2CCN(S(=O)(=O)c3ccc4c(c3)CCCC4)CC2)cc1. The fraction of sp³-hybridized carbons (Fsp3) is 0.500. The average molecular weight is 471 g/mol. The summed E-state index contributed by atoms with van der Waals surface area (Å²) in [5.74, 6) is 0.625. The molecule has 1 unspecified atom stereocenters. The molecule has 6 nitrogen and oxygen atoms in total. The van der Waals surface area contributed by atoms with Crippen LogP contribution in [0.5, 0.6) is 5.75 Å². The van der Waals surface area contributed by atoms with E-state index in [4.69, 9.17) is 4.74 Å². The summed E-state index contributed by atoms with van der Waals surface area (Å²) >= 11 is 0. The molecule has 178 valence electrons. The lowest BCUT2D eigenvalue weighted by atomic mass is 9.92. The van der Waals surface area contributed by atoms with Crippen LogP contribution in [-0.4, -0.2) is 38.3 Å². The monoisotopic (exact) mass is 470 g/mol. The highest BCUT2D eigenvalue weighted by Gasteiger charge is 2.33. The summed E-state index contributed by atoms with van der Waals surface area (Å²) in [5.41, 5.74) is 3.45. The van der Waals surface area contributed by atoms with Gasteiger partial charge < -0.3 is 10.1 Å². The Morgan fingerprint density at radius 3 is 2.39 bits per heavy atom. The number of benzene rings is 2. The normalized spacial score (nSPS) is 18.4. The number of nitrogens with one attached hydrogen (secondary N) is 1. The Labute approximate surface area is 197 Å². The highest BCUT2D eigenvalue weighted by atomic mass is 32.2. The smallest absolute Gasteiger partial charge is 0.243 e. The third-order valence-corrected chi connectivity index (χ3v) is 8.73. The van der Waals surface area contributed by atoms with Gasteiger partial charge in [-0.1, -0.05) is 18.2 Å². The molecule has 33 heavy (non-hydrogen) atoms. The second kappa shape index (κ2) is 10.3. The average Bonchev–Trinajstić information content (AvgIpc) is 2.84. The van der Waals surface area contributed by atoms with Gasteiger partial charge in [-0.15, -0.1) is 0 Å². The molecule has 4 rings (SSSR count). The van der Waals surface area contributed by atoms with Crippen molar-refractivity contribution >= 4 is 15.9 Å². The fourth-order valence-electron chi connectivity index (χ4n) is 4.81. The second-order valence-corrected chi connectivity index (χ2v) is 11.0. The van der Waals surface area contributed by atoms with Crippen molar-refractivity contribution < 1.29 is 17.9 Å². The van der Waals surface area contributed by atoms with E-state index >= 15 is 0 Å². The zero-order valence-corrected chi connectivity index (χ0v) is 20.4. The van der Waals surface area contributed by atoms with Gasteiger partial charge in [-0.25, -0.2) is 8.42 Å². The van der Waals surface area contributed by atoms with E-state index in [9.17, 15) is 13.2 Å². The summed E-state index contributed by atoms with van der Waals surface area (Å²) in [6, 6.07) is 13.2. The van der Waals surface area contributed by atoms with Gasteiger partial charge >= 0.3 is 0 Å². The van der Waals surface area contributed by atoms with Gasteiger partial charge in [0.2, 0.25) is 15.9 Å². The van der Waals surface area contributed by atoms with Crippen LogP contribution in [0.4, 0.5) is 0 Å². The Morgan fingerprint density at radius 2 is 1.73 bits per heavy atom. The van der Waals surface area contributed by atoms with Crippen LogP contribution in [0.3, 0.4) is 0 Å². The number of fused-ring (bicyclic) bond motifs is 1. The van der Waals surface area contributed by atoms with E-state index in [1.807, 2.05) is 50.2 Å². The van der Waals surface area contributed by atoms with Crippen LogP contribution in [-0.2, 0) is 27.7 Å². The topological polar surface area (TPSA) is 75.7 Å². The first-order chi connectivity index (χ1) is 15.9. The molecule has 1 N–H and O–H groups in total. The van der Waals surface area contributed by atoms with Gasteiger partial charge in [-0.2, -0.15) is 4.31 Å². The number of aryl methyl sites for hydroxylation is 2. The van der Waals surface area contributed by atoms with E-state index in [-0.39, 0.29) is 17.9 Å². The Balaban J connectivity index is 1.33. The summed E-state index contributed by atoms with van der Waals surface area (Å²) in [5, 5.41) is 3.09. The van der Waals surface area contributed by atoms with Crippen LogP contribution in [0.2, 0.25) is 0 Å². The Hall–Kier alpha value is -2.38. The molecule has 1 fully saturated rings. The van der Waals surface area contributed by atoms with Gasteiger partial charge in [-0.3, -0.25) is 4.79 Å². The molecular formula is C26H34N2O4S. The van der Waals surface area contributed by atoms with E-state index in [0.717, 1.165) is 30.6 Å². The number of hydrogen-bond donors (Lipinski definition) is 1. The number of carbonyl (C=O) groups excluding carboxylic acids is 1. The quantitative estimate of drug-likeness (QED) is 0.657. The molecule has 1 atom stereocenters. The zero-order valence-electron chi connectivity index (χ0n) is 19.5. The first-order valence-electron chi connectivity index (χ1n) is 12.0. The first kappa shape index (κ1) is 23.8. The summed E-state index contributed by atoms with van der Waals surface area (Å²) in [6.45, 7) is 5.26. The summed E-state index contributed by atoms with van der Waals surface area (Å²) < 4.78 is 33.4. The Morgan fingerprint density at radius 1 is 1.06 bits per heavy atom. The minimum Gasteiger partial charge on any atom is -0.494 e. The highest BCUT2D eigenvalue weighted by Crippen LogP contribution is 2.28.